The number of aromatic nitrogens is 2. The Kier molecular flexibility index (Phi) is 3.79. The summed E-state index contributed by atoms with van der Waals surface area (Å²) < 4.78 is 4.65. The minimum absolute atomic E-state index is 0.101. The van der Waals surface area contributed by atoms with Gasteiger partial charge in [-0.15, -0.1) is 0 Å². The second kappa shape index (κ2) is 5.33. The second-order valence-electron chi connectivity index (χ2n) is 3.35. The molecule has 0 fully saturated rings. The number of halogens is 2. The molecule has 1 heterocycles. The van der Waals surface area contributed by atoms with E-state index in [1.54, 1.807) is 18.2 Å². The zero-order valence-electron chi connectivity index (χ0n) is 9.35. The van der Waals surface area contributed by atoms with Crippen LogP contribution in [0, 0.1) is 0 Å². The summed E-state index contributed by atoms with van der Waals surface area (Å²) in [6, 6.07) is 5.09. The van der Waals surface area contributed by atoms with Crippen molar-refractivity contribution in [2.24, 2.45) is 0 Å². The summed E-state index contributed by atoms with van der Waals surface area (Å²) in [6.45, 7) is 0. The molecule has 0 bridgehead atoms. The topological polar surface area (TPSA) is 52.1 Å². The van der Waals surface area contributed by atoms with Gasteiger partial charge >= 0.3 is 5.97 Å². The van der Waals surface area contributed by atoms with E-state index >= 15 is 0 Å². The van der Waals surface area contributed by atoms with Gasteiger partial charge in [0.1, 0.15) is 5.69 Å². The third-order valence-electron chi connectivity index (χ3n) is 2.28. The number of ether oxygens (including phenoxy) is 1. The molecule has 0 N–H and O–H groups in total. The van der Waals surface area contributed by atoms with E-state index in [2.05, 4.69) is 14.7 Å². The van der Waals surface area contributed by atoms with E-state index in [-0.39, 0.29) is 5.69 Å². The van der Waals surface area contributed by atoms with Crippen LogP contribution in [0.4, 0.5) is 0 Å². The van der Waals surface area contributed by atoms with E-state index in [0.29, 0.717) is 21.3 Å². The lowest BCUT2D eigenvalue weighted by Crippen LogP contribution is -2.07. The van der Waals surface area contributed by atoms with Crippen molar-refractivity contribution in [2.45, 2.75) is 0 Å². The number of esters is 1. The molecular formula is C12H8Cl2N2O2. The normalized spacial score (nSPS) is 10.2. The van der Waals surface area contributed by atoms with Gasteiger partial charge in [-0.05, 0) is 6.07 Å². The van der Waals surface area contributed by atoms with Gasteiger partial charge in [-0.25, -0.2) is 9.78 Å². The van der Waals surface area contributed by atoms with Crippen LogP contribution in [0.2, 0.25) is 10.0 Å². The number of hydrogen-bond donors (Lipinski definition) is 0. The fraction of sp³-hybridized carbons (Fsp3) is 0.0833. The molecule has 1 aromatic heterocycles. The molecule has 4 nitrogen and oxygen atoms in total. The van der Waals surface area contributed by atoms with Crippen LogP contribution < -0.4 is 0 Å². The second-order valence-corrected chi connectivity index (χ2v) is 4.13. The van der Waals surface area contributed by atoms with Crippen molar-refractivity contribution in [1.29, 1.82) is 0 Å². The minimum atomic E-state index is -0.575. The highest BCUT2D eigenvalue weighted by Crippen LogP contribution is 2.33. The highest BCUT2D eigenvalue weighted by Gasteiger charge is 2.18. The van der Waals surface area contributed by atoms with Crippen molar-refractivity contribution in [3.05, 3.63) is 46.3 Å². The molecule has 2 rings (SSSR count). The molecular weight excluding hydrogens is 275 g/mol. The molecule has 0 unspecified atom stereocenters. The van der Waals surface area contributed by atoms with Gasteiger partial charge in [0.2, 0.25) is 0 Å². The average molecular weight is 283 g/mol. The van der Waals surface area contributed by atoms with E-state index in [9.17, 15) is 4.79 Å². The first-order chi connectivity index (χ1) is 8.65. The predicted molar refractivity (Wildman–Crippen MR) is 68.8 cm³/mol. The van der Waals surface area contributed by atoms with Gasteiger partial charge in [-0.2, -0.15) is 0 Å². The summed E-state index contributed by atoms with van der Waals surface area (Å²) in [5.41, 5.74) is 0.985. The smallest absolute Gasteiger partial charge is 0.358 e. The Labute approximate surface area is 114 Å². The van der Waals surface area contributed by atoms with Crippen LogP contribution >= 0.6 is 23.2 Å². The van der Waals surface area contributed by atoms with Crippen LogP contribution in [-0.4, -0.2) is 23.0 Å². The summed E-state index contributed by atoms with van der Waals surface area (Å²) in [6.07, 6.45) is 2.88. The Balaban J connectivity index is 2.64. The summed E-state index contributed by atoms with van der Waals surface area (Å²) in [4.78, 5) is 19.7. The zero-order chi connectivity index (χ0) is 13.1. The molecule has 0 radical (unpaired) electrons. The van der Waals surface area contributed by atoms with Crippen molar-refractivity contribution in [1.82, 2.24) is 9.97 Å². The number of carbonyl (C=O) groups excluding carboxylic acids is 1. The van der Waals surface area contributed by atoms with Crippen LogP contribution in [0.5, 0.6) is 0 Å². The van der Waals surface area contributed by atoms with Crippen LogP contribution in [0.15, 0.2) is 30.6 Å². The number of nitrogens with zero attached hydrogens (tertiary/aromatic N) is 2. The quantitative estimate of drug-likeness (QED) is 0.794. The first-order valence-electron chi connectivity index (χ1n) is 4.99. The van der Waals surface area contributed by atoms with Gasteiger partial charge in [0.15, 0.2) is 5.69 Å². The molecule has 18 heavy (non-hydrogen) atoms. The fourth-order valence-corrected chi connectivity index (χ4v) is 1.86. The SMILES string of the molecule is COC(=O)c1nccnc1-c1cccc(Cl)c1Cl. The summed E-state index contributed by atoms with van der Waals surface area (Å²) in [7, 11) is 1.28. The Morgan fingerprint density at radius 1 is 1.22 bits per heavy atom. The van der Waals surface area contributed by atoms with E-state index in [4.69, 9.17) is 23.2 Å². The van der Waals surface area contributed by atoms with Gasteiger partial charge in [-0.1, -0.05) is 35.3 Å². The Hall–Kier alpha value is -1.65. The van der Waals surface area contributed by atoms with Crippen molar-refractivity contribution in [3.8, 4) is 11.3 Å². The molecule has 1 aromatic carbocycles. The van der Waals surface area contributed by atoms with Crippen LogP contribution in [-0.2, 0) is 4.74 Å². The summed E-state index contributed by atoms with van der Waals surface area (Å²) in [5.74, 6) is -0.575. The molecule has 92 valence electrons. The van der Waals surface area contributed by atoms with Crippen molar-refractivity contribution < 1.29 is 9.53 Å². The lowest BCUT2D eigenvalue weighted by molar-refractivity contribution is 0.0594. The molecule has 6 heteroatoms. The molecule has 0 aliphatic heterocycles. The Morgan fingerprint density at radius 2 is 1.94 bits per heavy atom. The fourth-order valence-electron chi connectivity index (χ4n) is 1.47. The molecule has 2 aromatic rings. The van der Waals surface area contributed by atoms with Crippen molar-refractivity contribution in [2.75, 3.05) is 7.11 Å². The van der Waals surface area contributed by atoms with E-state index in [1.165, 1.54) is 19.5 Å². The first kappa shape index (κ1) is 12.8. The highest BCUT2D eigenvalue weighted by molar-refractivity contribution is 6.43. The number of rotatable bonds is 2. The molecule has 0 aliphatic carbocycles. The standard InChI is InChI=1S/C12H8Cl2N2O2/c1-18-12(17)11-10(15-5-6-16-11)7-3-2-4-8(13)9(7)14/h2-6H,1H3. The Morgan fingerprint density at radius 3 is 2.67 bits per heavy atom. The monoisotopic (exact) mass is 282 g/mol. The maximum Gasteiger partial charge on any atom is 0.358 e. The number of carbonyl (C=O) groups is 1. The number of hydrogen-bond acceptors (Lipinski definition) is 4. The Bertz CT molecular complexity index is 602. The maximum absolute atomic E-state index is 11.6. The number of methoxy groups -OCH3 is 1. The van der Waals surface area contributed by atoms with Crippen LogP contribution in [0.3, 0.4) is 0 Å². The molecule has 0 spiro atoms. The average Bonchev–Trinajstić information content (AvgIpc) is 2.41. The molecule has 0 amide bonds. The van der Waals surface area contributed by atoms with Crippen LogP contribution in [0.25, 0.3) is 11.3 Å². The highest BCUT2D eigenvalue weighted by atomic mass is 35.5. The molecule has 0 aliphatic rings. The lowest BCUT2D eigenvalue weighted by Gasteiger charge is -2.08. The minimum Gasteiger partial charge on any atom is -0.464 e. The van der Waals surface area contributed by atoms with E-state index < -0.39 is 5.97 Å². The van der Waals surface area contributed by atoms with Gasteiger partial charge in [0.25, 0.3) is 0 Å². The van der Waals surface area contributed by atoms with Gasteiger partial charge < -0.3 is 4.74 Å². The third kappa shape index (κ3) is 2.30. The molecule has 0 saturated heterocycles. The van der Waals surface area contributed by atoms with Crippen molar-refractivity contribution in [3.63, 3.8) is 0 Å². The zero-order valence-corrected chi connectivity index (χ0v) is 10.9. The van der Waals surface area contributed by atoms with Crippen LogP contribution in [0.1, 0.15) is 10.5 Å². The van der Waals surface area contributed by atoms with Gasteiger partial charge in [0, 0.05) is 18.0 Å². The molecule has 0 atom stereocenters. The largest absolute Gasteiger partial charge is 0.464 e. The first-order valence-corrected chi connectivity index (χ1v) is 5.74. The lowest BCUT2D eigenvalue weighted by atomic mass is 10.1. The summed E-state index contributed by atoms with van der Waals surface area (Å²) in [5, 5.41) is 0.709. The molecule has 0 saturated carbocycles. The van der Waals surface area contributed by atoms with E-state index in [1.807, 2.05) is 0 Å². The van der Waals surface area contributed by atoms with E-state index in [0.717, 1.165) is 0 Å². The van der Waals surface area contributed by atoms with Gasteiger partial charge in [-0.3, -0.25) is 4.98 Å². The maximum atomic E-state index is 11.6. The van der Waals surface area contributed by atoms with Crippen molar-refractivity contribution >= 4 is 29.2 Å². The summed E-state index contributed by atoms with van der Waals surface area (Å²) >= 11 is 12.0. The third-order valence-corrected chi connectivity index (χ3v) is 3.10. The predicted octanol–water partition coefficient (Wildman–Crippen LogP) is 3.24. The number of benzene rings is 1. The van der Waals surface area contributed by atoms with Gasteiger partial charge in [0.05, 0.1) is 17.2 Å².